The summed E-state index contributed by atoms with van der Waals surface area (Å²) in [6, 6.07) is 7.95. The van der Waals surface area contributed by atoms with Crippen molar-refractivity contribution < 1.29 is 14.3 Å². The number of nitrogens with one attached hydrogen (secondary N) is 1. The Morgan fingerprint density at radius 2 is 1.93 bits per heavy atom. The normalized spacial score (nSPS) is 21.5. The maximum Gasteiger partial charge on any atom is 0.251 e. The van der Waals surface area contributed by atoms with Gasteiger partial charge in [-0.1, -0.05) is 18.2 Å². The van der Waals surface area contributed by atoms with E-state index >= 15 is 0 Å². The van der Waals surface area contributed by atoms with Crippen LogP contribution >= 0.6 is 24.0 Å². The van der Waals surface area contributed by atoms with Crippen LogP contribution in [0.15, 0.2) is 29.3 Å². The van der Waals surface area contributed by atoms with Crippen LogP contribution in [0.4, 0.5) is 5.69 Å². The molecule has 3 aliphatic heterocycles. The highest BCUT2D eigenvalue weighted by Gasteiger charge is 2.31. The second-order valence-corrected chi connectivity index (χ2v) is 7.64. The minimum Gasteiger partial charge on any atom is -0.368 e. The van der Waals surface area contributed by atoms with E-state index in [1.807, 2.05) is 34.1 Å². The second-order valence-electron chi connectivity index (χ2n) is 7.64. The molecule has 1 unspecified atom stereocenters. The standard InChI is InChI=1S/C21H29N5O3.HI/c1-22-21(23-8-9-26-17-6-3-2-5-16(17)15-19(26)27)25-12-10-24(11-13-25)20(28)18-7-4-14-29-18;/h2-3,5-6,18H,4,7-15H2,1H3,(H,22,23);1H. The smallest absolute Gasteiger partial charge is 0.251 e. The lowest BCUT2D eigenvalue weighted by Crippen LogP contribution is -2.55. The lowest BCUT2D eigenvalue weighted by Gasteiger charge is -2.37. The summed E-state index contributed by atoms with van der Waals surface area (Å²) in [7, 11) is 1.77. The van der Waals surface area contributed by atoms with E-state index in [0.29, 0.717) is 39.2 Å². The molecule has 0 bridgehead atoms. The molecule has 4 rings (SSSR count). The van der Waals surface area contributed by atoms with Gasteiger partial charge in [0.2, 0.25) is 5.91 Å². The van der Waals surface area contributed by atoms with Gasteiger partial charge >= 0.3 is 0 Å². The molecule has 3 aliphatic rings. The molecule has 2 fully saturated rings. The summed E-state index contributed by atoms with van der Waals surface area (Å²) in [6.07, 6.45) is 2.03. The quantitative estimate of drug-likeness (QED) is 0.361. The number of halogens is 1. The number of para-hydroxylation sites is 1. The number of aliphatic imine (C=N–C) groups is 1. The number of piperazine rings is 1. The van der Waals surface area contributed by atoms with Crippen LogP contribution in [0, 0.1) is 0 Å². The van der Waals surface area contributed by atoms with Crippen molar-refractivity contribution in [1.82, 2.24) is 15.1 Å². The van der Waals surface area contributed by atoms with E-state index < -0.39 is 0 Å². The van der Waals surface area contributed by atoms with Gasteiger partial charge in [0.1, 0.15) is 6.10 Å². The number of nitrogens with zero attached hydrogens (tertiary/aromatic N) is 4. The largest absolute Gasteiger partial charge is 0.368 e. The average Bonchev–Trinajstić information content (AvgIpc) is 3.39. The first-order valence-corrected chi connectivity index (χ1v) is 10.4. The summed E-state index contributed by atoms with van der Waals surface area (Å²) < 4.78 is 5.53. The Morgan fingerprint density at radius 1 is 1.20 bits per heavy atom. The Hall–Kier alpha value is -1.88. The van der Waals surface area contributed by atoms with Gasteiger partial charge in [-0.25, -0.2) is 0 Å². The number of hydrogen-bond donors (Lipinski definition) is 1. The molecule has 3 heterocycles. The predicted octanol–water partition coefficient (Wildman–Crippen LogP) is 1.09. The Labute approximate surface area is 194 Å². The van der Waals surface area contributed by atoms with Gasteiger partial charge in [0.25, 0.3) is 5.91 Å². The van der Waals surface area contributed by atoms with Crippen LogP contribution < -0.4 is 10.2 Å². The number of fused-ring (bicyclic) bond motifs is 1. The van der Waals surface area contributed by atoms with Gasteiger partial charge in [0, 0.05) is 58.6 Å². The monoisotopic (exact) mass is 527 g/mol. The van der Waals surface area contributed by atoms with Gasteiger partial charge in [-0.15, -0.1) is 24.0 Å². The van der Waals surface area contributed by atoms with Crippen LogP contribution in [0.3, 0.4) is 0 Å². The van der Waals surface area contributed by atoms with E-state index in [-0.39, 0.29) is 41.9 Å². The number of guanidine groups is 1. The molecule has 2 amide bonds. The summed E-state index contributed by atoms with van der Waals surface area (Å²) in [5.41, 5.74) is 2.10. The average molecular weight is 527 g/mol. The van der Waals surface area contributed by atoms with Gasteiger partial charge in [-0.2, -0.15) is 0 Å². The third kappa shape index (κ3) is 4.88. The highest BCUT2D eigenvalue weighted by molar-refractivity contribution is 14.0. The summed E-state index contributed by atoms with van der Waals surface area (Å²) in [5, 5.41) is 3.37. The number of benzene rings is 1. The molecular formula is C21H30IN5O3. The third-order valence-electron chi connectivity index (χ3n) is 5.85. The molecule has 9 heteroatoms. The Kier molecular flexibility index (Phi) is 7.93. The molecule has 1 atom stereocenters. The van der Waals surface area contributed by atoms with E-state index in [2.05, 4.69) is 15.2 Å². The fourth-order valence-corrected chi connectivity index (χ4v) is 4.29. The van der Waals surface area contributed by atoms with Crippen LogP contribution in [0.2, 0.25) is 0 Å². The molecule has 0 aliphatic carbocycles. The topological polar surface area (TPSA) is 77.5 Å². The van der Waals surface area contributed by atoms with Gasteiger partial charge in [0.15, 0.2) is 5.96 Å². The molecule has 8 nitrogen and oxygen atoms in total. The highest BCUT2D eigenvalue weighted by Crippen LogP contribution is 2.27. The third-order valence-corrected chi connectivity index (χ3v) is 5.85. The zero-order chi connectivity index (χ0) is 20.2. The van der Waals surface area contributed by atoms with Crippen molar-refractivity contribution in [2.24, 2.45) is 4.99 Å². The first-order chi connectivity index (χ1) is 14.2. The lowest BCUT2D eigenvalue weighted by atomic mass is 10.2. The van der Waals surface area contributed by atoms with Gasteiger partial charge in [-0.3, -0.25) is 14.6 Å². The molecule has 1 aromatic rings. The molecular weight excluding hydrogens is 497 g/mol. The van der Waals surface area contributed by atoms with Crippen molar-refractivity contribution in [2.45, 2.75) is 25.4 Å². The maximum atomic E-state index is 12.5. The number of anilines is 1. The van der Waals surface area contributed by atoms with Crippen molar-refractivity contribution in [2.75, 3.05) is 57.8 Å². The van der Waals surface area contributed by atoms with Crippen LogP contribution in [0.1, 0.15) is 18.4 Å². The van der Waals surface area contributed by atoms with Crippen molar-refractivity contribution in [3.05, 3.63) is 29.8 Å². The lowest BCUT2D eigenvalue weighted by molar-refractivity contribution is -0.142. The van der Waals surface area contributed by atoms with Crippen molar-refractivity contribution in [1.29, 1.82) is 0 Å². The zero-order valence-electron chi connectivity index (χ0n) is 17.4. The molecule has 1 N–H and O–H groups in total. The number of amides is 2. The highest BCUT2D eigenvalue weighted by atomic mass is 127. The molecule has 0 spiro atoms. The van der Waals surface area contributed by atoms with Gasteiger partial charge in [-0.05, 0) is 24.5 Å². The van der Waals surface area contributed by atoms with Crippen LogP contribution in [-0.4, -0.2) is 86.6 Å². The summed E-state index contributed by atoms with van der Waals surface area (Å²) in [6.45, 7) is 4.76. The zero-order valence-corrected chi connectivity index (χ0v) is 19.7. The Balaban J connectivity index is 0.00000256. The second kappa shape index (κ2) is 10.4. The number of carbonyl (C=O) groups excluding carboxylic acids is 2. The van der Waals surface area contributed by atoms with Gasteiger partial charge < -0.3 is 24.8 Å². The minimum atomic E-state index is -0.250. The predicted molar refractivity (Wildman–Crippen MR) is 126 cm³/mol. The fraction of sp³-hybridized carbons (Fsp3) is 0.571. The summed E-state index contributed by atoms with van der Waals surface area (Å²) in [5.74, 6) is 1.08. The first kappa shape index (κ1) is 22.8. The maximum absolute atomic E-state index is 12.5. The Bertz CT molecular complexity index is 789. The van der Waals surface area contributed by atoms with Crippen molar-refractivity contribution in [3.8, 4) is 0 Å². The number of rotatable bonds is 4. The van der Waals surface area contributed by atoms with Crippen LogP contribution in [-0.2, 0) is 20.7 Å². The van der Waals surface area contributed by atoms with E-state index in [4.69, 9.17) is 4.74 Å². The molecule has 0 aromatic heterocycles. The first-order valence-electron chi connectivity index (χ1n) is 10.4. The van der Waals surface area contributed by atoms with E-state index in [0.717, 1.165) is 43.1 Å². The molecule has 2 saturated heterocycles. The number of carbonyl (C=O) groups is 2. The van der Waals surface area contributed by atoms with Crippen LogP contribution in [0.5, 0.6) is 0 Å². The van der Waals surface area contributed by atoms with Crippen LogP contribution in [0.25, 0.3) is 0 Å². The minimum absolute atomic E-state index is 0. The molecule has 164 valence electrons. The number of hydrogen-bond acceptors (Lipinski definition) is 4. The fourth-order valence-electron chi connectivity index (χ4n) is 4.29. The van der Waals surface area contributed by atoms with Crippen molar-refractivity contribution in [3.63, 3.8) is 0 Å². The summed E-state index contributed by atoms with van der Waals surface area (Å²) >= 11 is 0. The number of ether oxygens (including phenoxy) is 1. The molecule has 0 saturated carbocycles. The van der Waals surface area contributed by atoms with E-state index in [9.17, 15) is 9.59 Å². The molecule has 0 radical (unpaired) electrons. The molecule has 1 aromatic carbocycles. The van der Waals surface area contributed by atoms with Crippen molar-refractivity contribution >= 4 is 47.4 Å². The SMILES string of the molecule is CN=C(NCCN1C(=O)Cc2ccccc21)N1CCN(C(=O)C2CCCO2)CC1.I. The van der Waals surface area contributed by atoms with E-state index in [1.165, 1.54) is 0 Å². The summed E-state index contributed by atoms with van der Waals surface area (Å²) in [4.78, 5) is 35.1. The van der Waals surface area contributed by atoms with E-state index in [1.54, 1.807) is 7.05 Å². The Morgan fingerprint density at radius 3 is 2.63 bits per heavy atom. The van der Waals surface area contributed by atoms with Gasteiger partial charge in [0.05, 0.1) is 6.42 Å². The molecule has 30 heavy (non-hydrogen) atoms.